The summed E-state index contributed by atoms with van der Waals surface area (Å²) in [7, 11) is 0. The molecule has 130 valence electrons. The number of hydrogen-bond donors (Lipinski definition) is 2. The van der Waals surface area contributed by atoms with E-state index in [4.69, 9.17) is 14.2 Å². The first-order valence-electron chi connectivity index (χ1n) is 7.42. The number of amides is 3. The summed E-state index contributed by atoms with van der Waals surface area (Å²) in [5.41, 5.74) is -0.484. The van der Waals surface area contributed by atoms with Gasteiger partial charge in [0.25, 0.3) is 5.91 Å². The molecule has 1 aliphatic rings. The third-order valence-electron chi connectivity index (χ3n) is 2.86. The lowest BCUT2D eigenvalue weighted by Crippen LogP contribution is -2.49. The maximum atomic E-state index is 11.9. The highest BCUT2D eigenvalue weighted by Crippen LogP contribution is 2.31. The molecule has 1 atom stereocenters. The Morgan fingerprint density at radius 3 is 2.54 bits per heavy atom. The van der Waals surface area contributed by atoms with Crippen LogP contribution < -0.4 is 20.1 Å². The van der Waals surface area contributed by atoms with Crippen molar-refractivity contribution in [2.45, 2.75) is 32.4 Å². The van der Waals surface area contributed by atoms with Gasteiger partial charge in [0.05, 0.1) is 0 Å². The number of para-hydroxylation sites is 2. The molecule has 1 aliphatic heterocycles. The molecule has 8 nitrogen and oxygen atoms in total. The highest BCUT2D eigenvalue weighted by atomic mass is 16.6. The first kappa shape index (κ1) is 17.6. The Bertz CT molecular complexity index is 638. The number of carbonyl (C=O) groups is 3. The lowest BCUT2D eigenvalue weighted by atomic mass is 10.1. The number of fused-ring (bicyclic) bond motifs is 1. The topological polar surface area (TPSA) is 103 Å². The number of benzene rings is 1. The van der Waals surface area contributed by atoms with Gasteiger partial charge in [0.1, 0.15) is 6.61 Å². The molecule has 1 aromatic rings. The fourth-order valence-corrected chi connectivity index (χ4v) is 1.90. The zero-order valence-electron chi connectivity index (χ0n) is 13.8. The van der Waals surface area contributed by atoms with Crippen molar-refractivity contribution in [3.8, 4) is 11.5 Å². The van der Waals surface area contributed by atoms with Gasteiger partial charge in [-0.2, -0.15) is 0 Å². The molecule has 0 bridgehead atoms. The Balaban J connectivity index is 1.77. The van der Waals surface area contributed by atoms with Crippen LogP contribution in [0.25, 0.3) is 0 Å². The number of imide groups is 1. The van der Waals surface area contributed by atoms with Crippen molar-refractivity contribution in [3.63, 3.8) is 0 Å². The van der Waals surface area contributed by atoms with Crippen LogP contribution in [0.3, 0.4) is 0 Å². The molecule has 0 fully saturated rings. The molecule has 2 rings (SSSR count). The van der Waals surface area contributed by atoms with Crippen molar-refractivity contribution in [1.29, 1.82) is 0 Å². The number of urea groups is 1. The van der Waals surface area contributed by atoms with E-state index in [1.807, 2.05) is 0 Å². The van der Waals surface area contributed by atoms with Crippen LogP contribution in [-0.2, 0) is 14.3 Å². The Labute approximate surface area is 139 Å². The van der Waals surface area contributed by atoms with Crippen molar-refractivity contribution in [3.05, 3.63) is 24.3 Å². The SMILES string of the molecule is CC(C)(C)NC(=O)NC(=O)COC(=O)[C@@H]1COc2ccccc2O1. The van der Waals surface area contributed by atoms with E-state index >= 15 is 0 Å². The molecule has 0 saturated carbocycles. The summed E-state index contributed by atoms with van der Waals surface area (Å²) in [6, 6.07) is 6.26. The number of ether oxygens (including phenoxy) is 3. The van der Waals surface area contributed by atoms with Gasteiger partial charge in [0, 0.05) is 5.54 Å². The standard InChI is InChI=1S/C16H20N2O6/c1-16(2,3)18-15(21)17-13(19)9-23-14(20)12-8-22-10-6-4-5-7-11(10)24-12/h4-7,12H,8-9H2,1-3H3,(H2,17,18,19,21)/t12-/m0/s1. The Morgan fingerprint density at radius 2 is 1.88 bits per heavy atom. The molecule has 8 heteroatoms. The van der Waals surface area contributed by atoms with Crippen LogP contribution in [0, 0.1) is 0 Å². The summed E-state index contributed by atoms with van der Waals surface area (Å²) >= 11 is 0. The summed E-state index contributed by atoms with van der Waals surface area (Å²) in [4.78, 5) is 35.0. The van der Waals surface area contributed by atoms with Crippen molar-refractivity contribution in [2.75, 3.05) is 13.2 Å². The van der Waals surface area contributed by atoms with Gasteiger partial charge in [0.2, 0.25) is 6.10 Å². The number of esters is 1. The van der Waals surface area contributed by atoms with Crippen LogP contribution in [0.1, 0.15) is 20.8 Å². The minimum atomic E-state index is -0.962. The van der Waals surface area contributed by atoms with E-state index < -0.39 is 36.2 Å². The Morgan fingerprint density at radius 1 is 1.21 bits per heavy atom. The van der Waals surface area contributed by atoms with Gasteiger partial charge < -0.3 is 19.5 Å². The van der Waals surface area contributed by atoms with Crippen LogP contribution >= 0.6 is 0 Å². The summed E-state index contributed by atoms with van der Waals surface area (Å²) in [6.45, 7) is 4.72. The van der Waals surface area contributed by atoms with E-state index in [-0.39, 0.29) is 6.61 Å². The first-order chi connectivity index (χ1) is 11.2. The molecule has 0 saturated heterocycles. The van der Waals surface area contributed by atoms with Crippen molar-refractivity contribution >= 4 is 17.9 Å². The summed E-state index contributed by atoms with van der Waals surface area (Å²) in [5.74, 6) is -0.504. The van der Waals surface area contributed by atoms with Gasteiger partial charge in [-0.1, -0.05) is 12.1 Å². The van der Waals surface area contributed by atoms with Crippen LogP contribution in [0.5, 0.6) is 11.5 Å². The molecule has 24 heavy (non-hydrogen) atoms. The number of nitrogens with one attached hydrogen (secondary N) is 2. The van der Waals surface area contributed by atoms with Gasteiger partial charge in [-0.15, -0.1) is 0 Å². The second kappa shape index (κ2) is 7.20. The fraction of sp³-hybridized carbons (Fsp3) is 0.438. The zero-order chi connectivity index (χ0) is 17.7. The zero-order valence-corrected chi connectivity index (χ0v) is 13.8. The fourth-order valence-electron chi connectivity index (χ4n) is 1.90. The largest absolute Gasteiger partial charge is 0.485 e. The Hall–Kier alpha value is -2.77. The van der Waals surface area contributed by atoms with Gasteiger partial charge in [0.15, 0.2) is 18.1 Å². The van der Waals surface area contributed by atoms with E-state index in [0.717, 1.165) is 0 Å². The van der Waals surface area contributed by atoms with E-state index in [1.165, 1.54) is 0 Å². The lowest BCUT2D eigenvalue weighted by molar-refractivity contribution is -0.157. The molecule has 0 spiro atoms. The second-order valence-corrected chi connectivity index (χ2v) is 6.22. The second-order valence-electron chi connectivity index (χ2n) is 6.22. The van der Waals surface area contributed by atoms with Crippen LogP contribution in [0.15, 0.2) is 24.3 Å². The molecule has 1 aromatic carbocycles. The van der Waals surface area contributed by atoms with Crippen LogP contribution in [0.2, 0.25) is 0 Å². The number of carbonyl (C=O) groups excluding carboxylic acids is 3. The molecule has 0 radical (unpaired) electrons. The molecule has 0 aromatic heterocycles. The van der Waals surface area contributed by atoms with Gasteiger partial charge in [-0.3, -0.25) is 10.1 Å². The van der Waals surface area contributed by atoms with E-state index in [0.29, 0.717) is 11.5 Å². The monoisotopic (exact) mass is 336 g/mol. The van der Waals surface area contributed by atoms with Crippen LogP contribution in [0.4, 0.5) is 4.79 Å². The molecule has 0 aliphatic carbocycles. The number of rotatable bonds is 3. The predicted octanol–water partition coefficient (Wildman–Crippen LogP) is 0.994. The van der Waals surface area contributed by atoms with Crippen molar-refractivity contribution < 1.29 is 28.6 Å². The van der Waals surface area contributed by atoms with Gasteiger partial charge in [-0.05, 0) is 32.9 Å². The minimum absolute atomic E-state index is 0.0119. The lowest BCUT2D eigenvalue weighted by Gasteiger charge is -2.24. The molecular weight excluding hydrogens is 316 g/mol. The maximum Gasteiger partial charge on any atom is 0.351 e. The predicted molar refractivity (Wildman–Crippen MR) is 83.7 cm³/mol. The molecule has 2 N–H and O–H groups in total. The highest BCUT2D eigenvalue weighted by Gasteiger charge is 2.29. The molecule has 1 heterocycles. The normalized spacial score (nSPS) is 16.0. The van der Waals surface area contributed by atoms with E-state index in [1.54, 1.807) is 45.0 Å². The summed E-state index contributed by atoms with van der Waals surface area (Å²) in [5, 5.41) is 4.63. The van der Waals surface area contributed by atoms with E-state index in [2.05, 4.69) is 10.6 Å². The van der Waals surface area contributed by atoms with Gasteiger partial charge >= 0.3 is 12.0 Å². The molecular formula is C16H20N2O6. The summed E-state index contributed by atoms with van der Waals surface area (Å²) < 4.78 is 15.7. The number of hydrogen-bond acceptors (Lipinski definition) is 6. The third kappa shape index (κ3) is 5.15. The highest BCUT2D eigenvalue weighted by molar-refractivity contribution is 5.95. The maximum absolute atomic E-state index is 11.9. The van der Waals surface area contributed by atoms with E-state index in [9.17, 15) is 14.4 Å². The summed E-state index contributed by atoms with van der Waals surface area (Å²) in [6.07, 6.45) is -0.962. The average molecular weight is 336 g/mol. The van der Waals surface area contributed by atoms with Gasteiger partial charge in [-0.25, -0.2) is 9.59 Å². The van der Waals surface area contributed by atoms with Crippen molar-refractivity contribution in [1.82, 2.24) is 10.6 Å². The Kier molecular flexibility index (Phi) is 5.28. The molecule has 3 amide bonds. The van der Waals surface area contributed by atoms with Crippen molar-refractivity contribution in [2.24, 2.45) is 0 Å². The third-order valence-corrected chi connectivity index (χ3v) is 2.86. The quantitative estimate of drug-likeness (QED) is 0.798. The minimum Gasteiger partial charge on any atom is -0.485 e. The first-order valence-corrected chi connectivity index (χ1v) is 7.42. The van der Waals surface area contributed by atoms with Crippen LogP contribution in [-0.4, -0.2) is 42.8 Å². The molecule has 0 unspecified atom stereocenters. The smallest absolute Gasteiger partial charge is 0.351 e. The average Bonchev–Trinajstić information content (AvgIpc) is 2.50.